The van der Waals surface area contributed by atoms with Crippen LogP contribution in [0.4, 0.5) is 9.59 Å². The van der Waals surface area contributed by atoms with Crippen LogP contribution in [0.25, 0.3) is 6.08 Å². The van der Waals surface area contributed by atoms with E-state index >= 15 is 0 Å². The zero-order valence-electron chi connectivity index (χ0n) is 32.6. The molecular formula is C41H55N5O9S. The number of cyclic esters (lactones) is 1. The Morgan fingerprint density at radius 2 is 1.80 bits per heavy atom. The summed E-state index contributed by atoms with van der Waals surface area (Å²) in [6.07, 6.45) is 11.1. The summed E-state index contributed by atoms with van der Waals surface area (Å²) in [4.78, 5) is 72.7. The second-order valence-electron chi connectivity index (χ2n) is 17.8. The molecule has 5 atom stereocenters. The van der Waals surface area contributed by atoms with Gasteiger partial charge >= 0.3 is 12.2 Å². The Balaban J connectivity index is 1.18. The average Bonchev–Trinajstić information content (AvgIpc) is 4.05. The van der Waals surface area contributed by atoms with Crippen molar-refractivity contribution in [2.75, 3.05) is 13.2 Å². The number of amides is 5. The van der Waals surface area contributed by atoms with E-state index in [2.05, 4.69) is 34.1 Å². The molecule has 1 aromatic carbocycles. The Morgan fingerprint density at radius 1 is 1.05 bits per heavy atom. The number of benzene rings is 1. The quantitative estimate of drug-likeness (QED) is 0.345. The minimum absolute atomic E-state index is 0.0846. The molecule has 1 unspecified atom stereocenters. The van der Waals surface area contributed by atoms with Crippen LogP contribution >= 0.6 is 0 Å². The number of sulfonamides is 1. The van der Waals surface area contributed by atoms with Gasteiger partial charge in [0, 0.05) is 24.3 Å². The molecule has 56 heavy (non-hydrogen) atoms. The number of carbonyl (C=O) groups is 5. The highest BCUT2D eigenvalue weighted by Crippen LogP contribution is 2.46. The van der Waals surface area contributed by atoms with Gasteiger partial charge in [0.1, 0.15) is 23.7 Å². The van der Waals surface area contributed by atoms with Crippen molar-refractivity contribution in [2.24, 2.45) is 16.7 Å². The lowest BCUT2D eigenvalue weighted by molar-refractivity contribution is -0.143. The highest BCUT2D eigenvalue weighted by atomic mass is 32.2. The fourth-order valence-corrected chi connectivity index (χ4v) is 10.3. The van der Waals surface area contributed by atoms with Crippen molar-refractivity contribution in [3.05, 3.63) is 53.6 Å². The van der Waals surface area contributed by atoms with Gasteiger partial charge in [-0.05, 0) is 67.1 Å². The van der Waals surface area contributed by atoms with Crippen molar-refractivity contribution in [2.45, 2.75) is 133 Å². The van der Waals surface area contributed by atoms with E-state index in [1.807, 2.05) is 18.2 Å². The smallest absolute Gasteiger partial charge is 0.410 e. The molecule has 304 valence electrons. The number of nitrogens with one attached hydrogen (secondary N) is 3. The monoisotopic (exact) mass is 793 g/mol. The van der Waals surface area contributed by atoms with Crippen molar-refractivity contribution in [1.29, 1.82) is 0 Å². The van der Waals surface area contributed by atoms with Crippen molar-refractivity contribution in [1.82, 2.24) is 25.2 Å². The molecule has 4 fully saturated rings. The van der Waals surface area contributed by atoms with Crippen LogP contribution in [0.1, 0.15) is 108 Å². The van der Waals surface area contributed by atoms with Crippen LogP contribution in [-0.2, 0) is 47.0 Å². The van der Waals surface area contributed by atoms with Gasteiger partial charge in [-0.15, -0.1) is 6.58 Å². The Bertz CT molecular complexity index is 1910. The van der Waals surface area contributed by atoms with Gasteiger partial charge in [0.25, 0.3) is 5.91 Å². The molecule has 15 heteroatoms. The third-order valence-electron chi connectivity index (χ3n) is 12.6. The minimum atomic E-state index is -3.92. The molecule has 14 nitrogen and oxygen atoms in total. The zero-order valence-corrected chi connectivity index (χ0v) is 33.5. The minimum Gasteiger partial charge on any atom is -0.449 e. The Morgan fingerprint density at radius 3 is 2.48 bits per heavy atom. The second-order valence-corrected chi connectivity index (χ2v) is 19.8. The Hall–Kier alpha value is -4.40. The van der Waals surface area contributed by atoms with E-state index in [0.29, 0.717) is 25.9 Å². The average molecular weight is 794 g/mol. The lowest BCUT2D eigenvalue weighted by atomic mass is 9.71. The van der Waals surface area contributed by atoms with Gasteiger partial charge in [-0.3, -0.25) is 24.0 Å². The SMILES string of the molecule is C=C[C@H]1C[C@]1(NC(=O)C1C[C@@H]2CN1C(=O)[C@H](C(C)(C)C)NC(=O)OCC1(CC/C=C/c3cccc4c3CN(C4)C(=O)O2)CCCCC1)C(=O)NS(=O)(=O)C1CC1. The molecule has 0 aromatic heterocycles. The van der Waals surface area contributed by atoms with Gasteiger partial charge in [-0.25, -0.2) is 18.0 Å². The molecule has 5 amide bonds. The standard InChI is InChI=1S/C41H55N5O9S/c1-5-28-21-41(28,36(49)44-56(52,53)30-15-16-30)43-34(47)32-20-29-23-46(32)35(48)33(39(2,3)4)42-37(50)54-25-40(17-8-6-9-18-40)19-10-7-12-26-13-11-14-27-22-45(24-31(26)27)38(51)55-29/h5,7,11-14,28-30,32-33H,1,6,8-10,15-25H2,2-4H3,(H,42,50)(H,43,47)(H,44,49)/b12-7+/t28-,29+,32?,33+,41+/m0/s1. The first-order valence-corrected chi connectivity index (χ1v) is 21.6. The molecule has 3 aliphatic carbocycles. The van der Waals surface area contributed by atoms with Gasteiger partial charge in [-0.2, -0.15) is 0 Å². The number of hydrogen-bond donors (Lipinski definition) is 3. The third kappa shape index (κ3) is 8.19. The summed E-state index contributed by atoms with van der Waals surface area (Å²) in [7, 11) is -3.92. The molecule has 3 saturated carbocycles. The maximum Gasteiger partial charge on any atom is 0.410 e. The first-order chi connectivity index (χ1) is 26.5. The van der Waals surface area contributed by atoms with Crippen molar-refractivity contribution < 1.29 is 41.9 Å². The molecule has 3 aliphatic heterocycles. The van der Waals surface area contributed by atoms with E-state index in [1.165, 1.54) is 11.0 Å². The Kier molecular flexibility index (Phi) is 10.8. The van der Waals surface area contributed by atoms with Crippen LogP contribution in [0.3, 0.4) is 0 Å². The number of rotatable bonds is 6. The normalized spacial score (nSPS) is 30.1. The van der Waals surface area contributed by atoms with Crippen molar-refractivity contribution in [3.63, 3.8) is 0 Å². The van der Waals surface area contributed by atoms with Crippen molar-refractivity contribution in [3.8, 4) is 0 Å². The zero-order chi connectivity index (χ0) is 40.0. The first-order valence-electron chi connectivity index (χ1n) is 20.0. The maximum atomic E-state index is 14.6. The second kappa shape index (κ2) is 15.2. The van der Waals surface area contributed by atoms with E-state index in [9.17, 15) is 32.4 Å². The van der Waals surface area contributed by atoms with Crippen LogP contribution in [-0.4, -0.2) is 90.3 Å². The van der Waals surface area contributed by atoms with E-state index in [4.69, 9.17) is 9.47 Å². The van der Waals surface area contributed by atoms with Crippen LogP contribution in [0.15, 0.2) is 36.9 Å². The summed E-state index contributed by atoms with van der Waals surface area (Å²) < 4.78 is 39.5. The van der Waals surface area contributed by atoms with E-state index in [1.54, 1.807) is 25.7 Å². The molecule has 3 N–H and O–H groups in total. The summed E-state index contributed by atoms with van der Waals surface area (Å²) in [5, 5.41) is 4.93. The number of fused-ring (bicyclic) bond motifs is 3. The molecule has 4 bridgehead atoms. The summed E-state index contributed by atoms with van der Waals surface area (Å²) >= 11 is 0. The van der Waals surface area contributed by atoms with Crippen LogP contribution < -0.4 is 15.4 Å². The van der Waals surface area contributed by atoms with Crippen LogP contribution in [0.5, 0.6) is 0 Å². The molecule has 6 aliphatic rings. The van der Waals surface area contributed by atoms with Gasteiger partial charge in [-0.1, -0.05) is 76.5 Å². The van der Waals surface area contributed by atoms with Gasteiger partial charge < -0.3 is 25.0 Å². The first kappa shape index (κ1) is 39.8. The third-order valence-corrected chi connectivity index (χ3v) is 14.4. The highest BCUT2D eigenvalue weighted by Gasteiger charge is 2.62. The fourth-order valence-electron chi connectivity index (χ4n) is 8.91. The van der Waals surface area contributed by atoms with Gasteiger partial charge in [0.15, 0.2) is 0 Å². The van der Waals surface area contributed by atoms with Crippen molar-refractivity contribution >= 4 is 46.0 Å². The lowest BCUT2D eigenvalue weighted by Crippen LogP contribution is -2.60. The lowest BCUT2D eigenvalue weighted by Gasteiger charge is -2.38. The van der Waals surface area contributed by atoms with Gasteiger partial charge in [0.2, 0.25) is 21.8 Å². The number of ether oxygens (including phenoxy) is 2. The predicted molar refractivity (Wildman–Crippen MR) is 207 cm³/mol. The predicted octanol–water partition coefficient (Wildman–Crippen LogP) is 4.68. The largest absolute Gasteiger partial charge is 0.449 e. The molecule has 1 saturated heterocycles. The highest BCUT2D eigenvalue weighted by molar-refractivity contribution is 7.91. The molecular weight excluding hydrogens is 739 g/mol. The van der Waals surface area contributed by atoms with Crippen LogP contribution in [0.2, 0.25) is 0 Å². The topological polar surface area (TPSA) is 181 Å². The van der Waals surface area contributed by atoms with Gasteiger partial charge in [0.05, 0.1) is 24.9 Å². The summed E-state index contributed by atoms with van der Waals surface area (Å²) in [5.41, 5.74) is 0.450. The summed E-state index contributed by atoms with van der Waals surface area (Å²) in [6, 6.07) is 3.64. The number of nitrogens with zero attached hydrogens (tertiary/aromatic N) is 2. The number of alkyl carbamates (subject to hydrolysis) is 1. The summed E-state index contributed by atoms with van der Waals surface area (Å²) in [6.45, 7) is 9.91. The van der Waals surface area contributed by atoms with Crippen LogP contribution in [0, 0.1) is 16.7 Å². The maximum absolute atomic E-state index is 14.6. The Labute approximate surface area is 329 Å². The van der Waals surface area contributed by atoms with E-state index < -0.39 is 80.2 Å². The molecule has 1 spiro atoms. The number of carbonyl (C=O) groups excluding carboxylic acids is 5. The molecule has 3 heterocycles. The molecule has 1 aromatic rings. The molecule has 0 radical (unpaired) electrons. The number of hydrogen-bond acceptors (Lipinski definition) is 9. The fraction of sp³-hybridized carbons (Fsp3) is 0.634. The summed E-state index contributed by atoms with van der Waals surface area (Å²) in [5.74, 6) is -2.69. The van der Waals surface area contributed by atoms with E-state index in [0.717, 1.165) is 61.6 Å². The number of allylic oxidation sites excluding steroid dienone is 1. The molecule has 7 rings (SSSR count). The van der Waals surface area contributed by atoms with E-state index in [-0.39, 0.29) is 31.4 Å².